The molecule has 0 nitrogen and oxygen atoms in total. The van der Waals surface area contributed by atoms with E-state index in [0.717, 1.165) is 25.7 Å². The van der Waals surface area contributed by atoms with Gasteiger partial charge in [-0.25, -0.2) is 0 Å². The summed E-state index contributed by atoms with van der Waals surface area (Å²) in [5.41, 5.74) is 19.6. The van der Waals surface area contributed by atoms with Gasteiger partial charge in [0.15, 0.2) is 0 Å². The molecule has 2 atom stereocenters. The van der Waals surface area contributed by atoms with Gasteiger partial charge in [0.1, 0.15) is 0 Å². The molecule has 3 aliphatic rings. The molecule has 0 amide bonds. The predicted molar refractivity (Wildman–Crippen MR) is 346 cm³/mol. The van der Waals surface area contributed by atoms with Crippen LogP contribution in [0.2, 0.25) is 78.6 Å². The van der Waals surface area contributed by atoms with Gasteiger partial charge in [0.25, 0.3) is 0 Å². The zero-order valence-electron chi connectivity index (χ0n) is 48.6. The Bertz CT molecular complexity index is 3040. The van der Waals surface area contributed by atoms with Crippen LogP contribution in [0.25, 0.3) is 45.5 Å². The SMILES string of the molecule is CCc1ccc2c(c1-c1cc([Si](C)(C)C)cc([Si](C)(C)C)c1)C=C(CC(C)C)[CH]2[Zr]([Cl])([Cl])([c]1cccc2c1[SiH2]c1ccccc1-2)[CH]1C(CC(C)C)=Cc2c1ccc(CC)c2-c1cc([Si](C)(C)C)cc([Si](C)(C)C)c1. The predicted octanol–water partition coefficient (Wildman–Crippen LogP) is 15.4. The first kappa shape index (κ1) is 56.1. The molecule has 74 heavy (non-hydrogen) atoms. The number of hydrogen-bond acceptors (Lipinski definition) is 0. The third-order valence-corrected chi connectivity index (χ3v) is 48.0. The van der Waals surface area contributed by atoms with Crippen LogP contribution >= 0.6 is 17.0 Å². The Morgan fingerprint density at radius 1 is 0.486 bits per heavy atom. The molecule has 0 saturated heterocycles. The summed E-state index contributed by atoms with van der Waals surface area (Å²) in [4.78, 5) is 0. The Balaban J connectivity index is 1.42. The van der Waals surface area contributed by atoms with Gasteiger partial charge in [0, 0.05) is 0 Å². The number of aryl methyl sites for hydroxylation is 2. The molecular weight excluding hydrogens is 1100 g/mol. The molecule has 2 aliphatic carbocycles. The Morgan fingerprint density at radius 2 is 0.878 bits per heavy atom. The molecule has 6 aromatic carbocycles. The van der Waals surface area contributed by atoms with Gasteiger partial charge in [-0.05, 0) is 0 Å². The van der Waals surface area contributed by atoms with Crippen molar-refractivity contribution in [1.29, 1.82) is 0 Å². The van der Waals surface area contributed by atoms with Crippen LogP contribution in [0.4, 0.5) is 0 Å². The van der Waals surface area contributed by atoms with Crippen molar-refractivity contribution in [3.05, 3.63) is 148 Å². The molecule has 389 valence electrons. The fourth-order valence-electron chi connectivity index (χ4n) is 13.3. The zero-order chi connectivity index (χ0) is 53.9. The molecule has 0 bridgehead atoms. The van der Waals surface area contributed by atoms with Gasteiger partial charge in [-0.1, -0.05) is 0 Å². The quantitative estimate of drug-likeness (QED) is 0.0898. The van der Waals surface area contributed by atoms with E-state index in [1.165, 1.54) is 91.6 Å². The molecule has 0 N–H and O–H groups in total. The van der Waals surface area contributed by atoms with Crippen LogP contribution in [-0.2, 0) is 29.2 Å². The number of fused-ring (bicyclic) bond motifs is 5. The van der Waals surface area contributed by atoms with Crippen LogP contribution in [0, 0.1) is 11.8 Å². The summed E-state index contributed by atoms with van der Waals surface area (Å²) in [6.07, 6.45) is 9.15. The molecule has 9 rings (SSSR count). The second-order valence-electron chi connectivity index (χ2n) is 27.8. The molecular formula is C66H87Cl2Si5Zr. The van der Waals surface area contributed by atoms with Crippen molar-refractivity contribution in [2.45, 2.75) is 153 Å². The van der Waals surface area contributed by atoms with Crippen LogP contribution in [0.5, 0.6) is 0 Å². The summed E-state index contributed by atoms with van der Waals surface area (Å²) in [6, 6.07) is 42.0. The summed E-state index contributed by atoms with van der Waals surface area (Å²) in [5.74, 6) is 0.848. The molecule has 8 heteroatoms. The van der Waals surface area contributed by atoms with Crippen molar-refractivity contribution >= 4 is 105 Å². The second-order valence-corrected chi connectivity index (χ2v) is 70.6. The minimum atomic E-state index is -5.86. The third-order valence-electron chi connectivity index (χ3n) is 17.1. The van der Waals surface area contributed by atoms with Crippen molar-refractivity contribution in [3.63, 3.8) is 0 Å². The maximum atomic E-state index is 9.79. The van der Waals surface area contributed by atoms with Gasteiger partial charge in [-0.15, -0.1) is 0 Å². The van der Waals surface area contributed by atoms with Gasteiger partial charge >= 0.3 is 468 Å². The molecule has 0 radical (unpaired) electrons. The maximum absolute atomic E-state index is 9.79. The summed E-state index contributed by atoms with van der Waals surface area (Å²) in [7, 11) is 11.9. The molecule has 1 heterocycles. The first-order valence-corrected chi connectivity index (χ1v) is 54.1. The molecule has 6 aromatic rings. The Labute approximate surface area is 463 Å². The normalized spacial score (nSPS) is 17.6. The van der Waals surface area contributed by atoms with Crippen LogP contribution in [0.1, 0.15) is 95.0 Å². The van der Waals surface area contributed by atoms with Gasteiger partial charge in [-0.2, -0.15) is 0 Å². The van der Waals surface area contributed by atoms with Gasteiger partial charge in [0.2, 0.25) is 0 Å². The number of allylic oxidation sites excluding steroid dienone is 2. The fourth-order valence-corrected chi connectivity index (χ4v) is 46.1. The van der Waals surface area contributed by atoms with E-state index in [1.54, 1.807) is 20.7 Å². The van der Waals surface area contributed by atoms with Crippen molar-refractivity contribution in [2.24, 2.45) is 11.8 Å². The van der Waals surface area contributed by atoms with Gasteiger partial charge in [-0.3, -0.25) is 0 Å². The second kappa shape index (κ2) is 19.9. The molecule has 0 spiro atoms. The van der Waals surface area contributed by atoms with Crippen LogP contribution in [0.3, 0.4) is 0 Å². The van der Waals surface area contributed by atoms with E-state index in [0.29, 0.717) is 11.8 Å². The van der Waals surface area contributed by atoms with E-state index in [-0.39, 0.29) is 7.25 Å². The Morgan fingerprint density at radius 3 is 1.26 bits per heavy atom. The summed E-state index contributed by atoms with van der Waals surface area (Å²) in [5, 5.41) is 9.23. The number of hydrogen-bond donors (Lipinski definition) is 0. The zero-order valence-corrected chi connectivity index (χ0v) is 58.0. The summed E-state index contributed by atoms with van der Waals surface area (Å²) >= 11 is -5.86. The third kappa shape index (κ3) is 9.96. The molecule has 0 saturated carbocycles. The minimum absolute atomic E-state index is 0.114. The monoisotopic (exact) mass is 1180 g/mol. The van der Waals surface area contributed by atoms with Crippen molar-refractivity contribution in [2.75, 3.05) is 0 Å². The Kier molecular flexibility index (Phi) is 15.1. The van der Waals surface area contributed by atoms with Crippen molar-refractivity contribution < 1.29 is 16.4 Å². The van der Waals surface area contributed by atoms with Crippen molar-refractivity contribution in [1.82, 2.24) is 0 Å². The van der Waals surface area contributed by atoms with Crippen LogP contribution < -0.4 is 34.4 Å². The average Bonchev–Trinajstić information content (AvgIpc) is 4.00. The molecule has 0 fully saturated rings. The first-order chi connectivity index (χ1) is 34.4. The first-order valence-electron chi connectivity index (χ1n) is 28.3. The summed E-state index contributed by atoms with van der Waals surface area (Å²) < 4.78 is 1.11. The van der Waals surface area contributed by atoms with E-state index in [4.69, 9.17) is 0 Å². The van der Waals surface area contributed by atoms with Crippen molar-refractivity contribution in [3.8, 4) is 33.4 Å². The van der Waals surface area contributed by atoms with Gasteiger partial charge in [0.05, 0.1) is 0 Å². The van der Waals surface area contributed by atoms with E-state index in [9.17, 15) is 17.0 Å². The Hall–Kier alpha value is -2.65. The van der Waals surface area contributed by atoms with Crippen LogP contribution in [0.15, 0.2) is 114 Å². The average molecular weight is 1180 g/mol. The molecule has 1 aliphatic heterocycles. The van der Waals surface area contributed by atoms with E-state index < -0.39 is 58.2 Å². The number of halogens is 2. The number of rotatable bonds is 15. The van der Waals surface area contributed by atoms with Crippen LogP contribution in [-0.4, -0.2) is 41.8 Å². The summed E-state index contributed by atoms with van der Waals surface area (Å²) in [6.45, 7) is 44.6. The van der Waals surface area contributed by atoms with E-state index in [1.807, 2.05) is 0 Å². The fraction of sp³-hybridized carbons (Fsp3) is 0.394. The standard InChI is InChI=1S/2C27H39Si2.C12H9Si.2ClH.Zr/c2*1-10-21-11-12-22-14-20(13-19(2)3)15-26(22)27(21)23-16-24(28(4,5)6)18-25(17-23)29(7,8)9;1-3-7-11-9(5-1)10-6-2-4-8-12(10)13-11;;;/h2*11-12,14-19H,10,13H2,1-9H3;1-7H,13H2;2*1H;/q;;;;;+2/p-2. The van der Waals surface area contributed by atoms with E-state index in [2.05, 4.69) is 235 Å². The topological polar surface area (TPSA) is 0 Å². The molecule has 0 aromatic heterocycles. The van der Waals surface area contributed by atoms with Gasteiger partial charge < -0.3 is 0 Å². The molecule has 2 unspecified atom stereocenters. The van der Waals surface area contributed by atoms with E-state index >= 15 is 0 Å². The number of benzene rings is 6.